The van der Waals surface area contributed by atoms with Crippen LogP contribution in [0.25, 0.3) is 16.8 Å². The Morgan fingerprint density at radius 3 is 2.50 bits per heavy atom. The van der Waals surface area contributed by atoms with Crippen molar-refractivity contribution >= 4 is 34.6 Å². The zero-order valence-electron chi connectivity index (χ0n) is 19.5. The number of aromatic amines is 1. The zero-order chi connectivity index (χ0) is 25.8. The van der Waals surface area contributed by atoms with Crippen molar-refractivity contribution in [3.63, 3.8) is 0 Å². The van der Waals surface area contributed by atoms with Crippen LogP contribution in [0.1, 0.15) is 60.3 Å². The summed E-state index contributed by atoms with van der Waals surface area (Å²) in [6.45, 7) is 3.11. The highest BCUT2D eigenvalue weighted by atomic mass is 35.5. The highest BCUT2D eigenvalue weighted by Gasteiger charge is 2.37. The summed E-state index contributed by atoms with van der Waals surface area (Å²) in [5.74, 6) is -0.924. The van der Waals surface area contributed by atoms with Gasteiger partial charge in [0.15, 0.2) is 5.69 Å². The number of amides is 1. The molecule has 0 unspecified atom stereocenters. The Morgan fingerprint density at radius 2 is 1.89 bits per heavy atom. The van der Waals surface area contributed by atoms with Gasteiger partial charge in [0.05, 0.1) is 33.6 Å². The minimum atomic E-state index is -1.36. The van der Waals surface area contributed by atoms with Gasteiger partial charge in [0.1, 0.15) is 11.3 Å². The van der Waals surface area contributed by atoms with Gasteiger partial charge in [0, 0.05) is 11.1 Å². The van der Waals surface area contributed by atoms with Crippen molar-refractivity contribution in [3.8, 4) is 11.3 Å². The predicted octanol–water partition coefficient (Wildman–Crippen LogP) is 5.25. The average Bonchev–Trinajstić information content (AvgIpc) is 3.58. The summed E-state index contributed by atoms with van der Waals surface area (Å²) in [5.41, 5.74) is 0.880. The van der Waals surface area contributed by atoms with Gasteiger partial charge in [-0.3, -0.25) is 9.59 Å². The fraction of sp³-hybridized carbons (Fsp3) is 0.269. The van der Waals surface area contributed by atoms with Crippen LogP contribution in [0.4, 0.5) is 4.39 Å². The second-order valence-electron chi connectivity index (χ2n) is 9.57. The highest BCUT2D eigenvalue weighted by molar-refractivity contribution is 6.42. The van der Waals surface area contributed by atoms with E-state index in [1.54, 1.807) is 38.2 Å². The van der Waals surface area contributed by atoms with Crippen LogP contribution in [0.15, 0.2) is 53.5 Å². The molecule has 1 atom stereocenters. The summed E-state index contributed by atoms with van der Waals surface area (Å²) < 4.78 is 14.9. The summed E-state index contributed by atoms with van der Waals surface area (Å²) in [7, 11) is 0. The Hall–Kier alpha value is -3.20. The number of carbonyl (C=O) groups excluding carboxylic acids is 1. The van der Waals surface area contributed by atoms with Crippen molar-refractivity contribution < 1.29 is 14.3 Å². The van der Waals surface area contributed by atoms with Crippen LogP contribution in [0.5, 0.6) is 0 Å². The van der Waals surface area contributed by atoms with Crippen LogP contribution in [-0.4, -0.2) is 31.2 Å². The van der Waals surface area contributed by atoms with E-state index in [0.717, 1.165) is 12.8 Å². The first-order valence-corrected chi connectivity index (χ1v) is 12.2. The Bertz CT molecular complexity index is 1540. The SMILES string of the molecule is CC(C)(O)[C@@H](NC(=O)c1nn2cc(-c3ccc(Cl)c(Cl)c3)[nH]c(=O)c2c1C1CC1)c1ccc(F)cc1. The summed E-state index contributed by atoms with van der Waals surface area (Å²) in [4.78, 5) is 29.5. The molecule has 0 radical (unpaired) electrons. The van der Waals surface area contributed by atoms with Crippen molar-refractivity contribution in [2.75, 3.05) is 0 Å². The van der Waals surface area contributed by atoms with Crippen molar-refractivity contribution in [1.29, 1.82) is 0 Å². The number of H-pyrrole nitrogens is 1. The second kappa shape index (κ2) is 9.03. The van der Waals surface area contributed by atoms with Crippen LogP contribution in [0.2, 0.25) is 10.0 Å². The molecule has 2 heterocycles. The minimum absolute atomic E-state index is 0.0339. The van der Waals surface area contributed by atoms with Crippen LogP contribution < -0.4 is 10.9 Å². The number of nitrogens with one attached hydrogen (secondary N) is 2. The summed E-state index contributed by atoms with van der Waals surface area (Å²) in [5, 5.41) is 18.8. The lowest BCUT2D eigenvalue weighted by Crippen LogP contribution is -2.42. The number of fused-ring (bicyclic) bond motifs is 1. The standard InChI is InChI=1S/C26H23Cl2FN4O3/c1-26(2,36)23(14-5-8-16(29)9-6-14)31-24(34)21-20(13-3-4-13)22-25(35)30-19(12-33(22)32-21)15-7-10-17(27)18(28)11-15/h5-13,23,36H,3-4H2,1-2H3,(H,30,35)(H,31,34)/t23-/m0/s1. The van der Waals surface area contributed by atoms with E-state index in [-0.39, 0.29) is 17.2 Å². The van der Waals surface area contributed by atoms with Crippen LogP contribution in [0, 0.1) is 5.82 Å². The van der Waals surface area contributed by atoms with Gasteiger partial charge in [-0.05, 0) is 62.4 Å². The van der Waals surface area contributed by atoms with E-state index in [1.165, 1.54) is 28.8 Å². The average molecular weight is 529 g/mol. The number of hydrogen-bond donors (Lipinski definition) is 3. The molecule has 1 aliphatic rings. The third-order valence-corrected chi connectivity index (χ3v) is 7.02. The minimum Gasteiger partial charge on any atom is -0.388 e. The molecule has 1 amide bonds. The van der Waals surface area contributed by atoms with E-state index in [1.807, 2.05) is 0 Å². The number of benzene rings is 2. The maximum atomic E-state index is 13.5. The maximum Gasteiger partial charge on any atom is 0.274 e. The number of aliphatic hydroxyl groups is 1. The first kappa shape index (κ1) is 24.5. The van der Waals surface area contributed by atoms with Gasteiger partial charge in [-0.15, -0.1) is 0 Å². The molecule has 2 aromatic heterocycles. The molecule has 186 valence electrons. The molecule has 7 nitrogen and oxygen atoms in total. The van der Waals surface area contributed by atoms with Crippen molar-refractivity contribution in [2.24, 2.45) is 0 Å². The number of hydrogen-bond acceptors (Lipinski definition) is 4. The summed E-state index contributed by atoms with van der Waals surface area (Å²) in [6.07, 6.45) is 3.30. The molecule has 4 aromatic rings. The fourth-order valence-electron chi connectivity index (χ4n) is 4.36. The molecule has 1 fully saturated rings. The molecule has 36 heavy (non-hydrogen) atoms. The molecule has 1 aliphatic carbocycles. The third kappa shape index (κ3) is 4.64. The lowest BCUT2D eigenvalue weighted by molar-refractivity contribution is 0.0342. The van der Waals surface area contributed by atoms with Crippen molar-refractivity contribution in [2.45, 2.75) is 44.2 Å². The third-order valence-electron chi connectivity index (χ3n) is 6.28. The van der Waals surface area contributed by atoms with Crippen LogP contribution >= 0.6 is 23.2 Å². The van der Waals surface area contributed by atoms with Crippen LogP contribution in [0.3, 0.4) is 0 Å². The molecule has 1 saturated carbocycles. The molecule has 10 heteroatoms. The topological polar surface area (TPSA) is 99.5 Å². The quantitative estimate of drug-likeness (QED) is 0.318. The molecule has 5 rings (SSSR count). The molecule has 0 aliphatic heterocycles. The molecule has 0 bridgehead atoms. The van der Waals surface area contributed by atoms with Crippen molar-refractivity contribution in [3.05, 3.63) is 91.7 Å². The van der Waals surface area contributed by atoms with E-state index in [2.05, 4.69) is 15.4 Å². The number of rotatable bonds is 6. The Morgan fingerprint density at radius 1 is 1.19 bits per heavy atom. The Kier molecular flexibility index (Phi) is 6.14. The van der Waals surface area contributed by atoms with Gasteiger partial charge in [-0.2, -0.15) is 5.10 Å². The van der Waals surface area contributed by atoms with E-state index in [4.69, 9.17) is 23.2 Å². The maximum absolute atomic E-state index is 13.5. The Balaban J connectivity index is 1.58. The normalized spacial score (nSPS) is 14.7. The first-order chi connectivity index (χ1) is 17.0. The van der Waals surface area contributed by atoms with Gasteiger partial charge in [-0.1, -0.05) is 41.4 Å². The first-order valence-electron chi connectivity index (χ1n) is 11.4. The van der Waals surface area contributed by atoms with Crippen LogP contribution in [-0.2, 0) is 0 Å². The highest BCUT2D eigenvalue weighted by Crippen LogP contribution is 2.43. The Labute approximate surface area is 215 Å². The lowest BCUT2D eigenvalue weighted by Gasteiger charge is -2.30. The monoisotopic (exact) mass is 528 g/mol. The smallest absolute Gasteiger partial charge is 0.274 e. The molecular weight excluding hydrogens is 506 g/mol. The largest absolute Gasteiger partial charge is 0.388 e. The summed E-state index contributed by atoms with van der Waals surface area (Å²) >= 11 is 12.2. The number of halogens is 3. The van der Waals surface area contributed by atoms with Crippen molar-refractivity contribution in [1.82, 2.24) is 19.9 Å². The van der Waals surface area contributed by atoms with E-state index < -0.39 is 23.4 Å². The van der Waals surface area contributed by atoms with Gasteiger partial charge in [0.25, 0.3) is 11.5 Å². The lowest BCUT2D eigenvalue weighted by atomic mass is 9.91. The van der Waals surface area contributed by atoms with E-state index in [9.17, 15) is 19.1 Å². The van der Waals surface area contributed by atoms with E-state index in [0.29, 0.717) is 37.9 Å². The molecule has 2 aromatic carbocycles. The number of nitrogens with zero attached hydrogens (tertiary/aromatic N) is 2. The van der Waals surface area contributed by atoms with Gasteiger partial charge >= 0.3 is 0 Å². The zero-order valence-corrected chi connectivity index (χ0v) is 21.0. The second-order valence-corrected chi connectivity index (χ2v) is 10.4. The number of carbonyl (C=O) groups is 1. The molecule has 0 spiro atoms. The molecule has 3 N–H and O–H groups in total. The molecule has 0 saturated heterocycles. The predicted molar refractivity (Wildman–Crippen MR) is 136 cm³/mol. The van der Waals surface area contributed by atoms with Gasteiger partial charge in [-0.25, -0.2) is 8.91 Å². The number of aromatic nitrogens is 3. The fourth-order valence-corrected chi connectivity index (χ4v) is 4.66. The summed E-state index contributed by atoms with van der Waals surface area (Å²) in [6, 6.07) is 9.71. The van der Waals surface area contributed by atoms with Gasteiger partial charge < -0.3 is 15.4 Å². The van der Waals surface area contributed by atoms with Gasteiger partial charge in [0.2, 0.25) is 0 Å². The van der Waals surface area contributed by atoms with E-state index >= 15 is 0 Å². The molecular formula is C26H23Cl2FN4O3.